The van der Waals surface area contributed by atoms with E-state index in [4.69, 9.17) is 9.84 Å². The molecule has 1 aromatic rings. The van der Waals surface area contributed by atoms with Gasteiger partial charge in [0, 0.05) is 19.6 Å². The summed E-state index contributed by atoms with van der Waals surface area (Å²) in [6, 6.07) is -0.00528. The molecule has 0 saturated carbocycles. The predicted molar refractivity (Wildman–Crippen MR) is 74.9 cm³/mol. The van der Waals surface area contributed by atoms with Crippen molar-refractivity contribution >= 4 is 17.4 Å². The number of likely N-dealkylation sites (N-methyl/N-ethyl adjacent to an activating group) is 1. The number of rotatable bonds is 5. The van der Waals surface area contributed by atoms with Gasteiger partial charge < -0.3 is 19.6 Å². The van der Waals surface area contributed by atoms with Gasteiger partial charge >= 0.3 is 0 Å². The number of aliphatic hydroxyl groups excluding tert-OH is 1. The van der Waals surface area contributed by atoms with Crippen molar-refractivity contribution in [2.75, 3.05) is 46.5 Å². The Morgan fingerprint density at radius 2 is 2.45 bits per heavy atom. The first-order valence-corrected chi connectivity index (χ1v) is 7.38. The van der Waals surface area contributed by atoms with Gasteiger partial charge in [-0.25, -0.2) is 0 Å². The van der Waals surface area contributed by atoms with Crippen LogP contribution in [0, 0.1) is 6.92 Å². The summed E-state index contributed by atoms with van der Waals surface area (Å²) in [4.78, 5) is 17.0. The molecule has 7 nitrogen and oxygen atoms in total. The lowest BCUT2D eigenvalue weighted by Gasteiger charge is -2.37. The summed E-state index contributed by atoms with van der Waals surface area (Å²) in [5, 5.41) is 12.9. The van der Waals surface area contributed by atoms with E-state index < -0.39 is 0 Å². The van der Waals surface area contributed by atoms with E-state index in [0.717, 1.165) is 11.5 Å². The quantitative estimate of drug-likeness (QED) is 0.798. The van der Waals surface area contributed by atoms with Crippen molar-refractivity contribution < 1.29 is 14.6 Å². The second kappa shape index (κ2) is 7.07. The molecule has 20 heavy (non-hydrogen) atoms. The molecular formula is C12H20N4O3S. The van der Waals surface area contributed by atoms with Gasteiger partial charge in [-0.1, -0.05) is 4.49 Å². The highest BCUT2D eigenvalue weighted by molar-refractivity contribution is 7.07. The smallest absolute Gasteiger partial charge is 0.267 e. The van der Waals surface area contributed by atoms with E-state index in [2.05, 4.69) is 9.59 Å². The highest BCUT2D eigenvalue weighted by Gasteiger charge is 2.30. The summed E-state index contributed by atoms with van der Waals surface area (Å²) < 4.78 is 9.30. The van der Waals surface area contributed by atoms with Crippen LogP contribution in [0.5, 0.6) is 0 Å². The van der Waals surface area contributed by atoms with Gasteiger partial charge in [-0.2, -0.15) is 0 Å². The summed E-state index contributed by atoms with van der Waals surface area (Å²) in [6.45, 7) is 4.81. The van der Waals surface area contributed by atoms with Gasteiger partial charge in [0.05, 0.1) is 31.6 Å². The molecule has 1 fully saturated rings. The number of hydrogen-bond donors (Lipinski definition) is 1. The molecule has 1 atom stereocenters. The van der Waals surface area contributed by atoms with Gasteiger partial charge in [0.25, 0.3) is 5.91 Å². The molecule has 8 heteroatoms. The molecule has 2 heterocycles. The molecule has 1 aliphatic heterocycles. The fraction of sp³-hybridized carbons (Fsp3) is 0.750. The summed E-state index contributed by atoms with van der Waals surface area (Å²) >= 11 is 1.14. The monoisotopic (exact) mass is 300 g/mol. The number of hydrogen-bond acceptors (Lipinski definition) is 7. The van der Waals surface area contributed by atoms with Crippen molar-refractivity contribution in [2.24, 2.45) is 0 Å². The van der Waals surface area contributed by atoms with E-state index in [1.807, 2.05) is 16.8 Å². The Balaban J connectivity index is 2.06. The number of aromatic nitrogens is 2. The van der Waals surface area contributed by atoms with Crippen LogP contribution in [0.15, 0.2) is 0 Å². The molecule has 0 bridgehead atoms. The van der Waals surface area contributed by atoms with Gasteiger partial charge in [-0.3, -0.25) is 4.79 Å². The van der Waals surface area contributed by atoms with Gasteiger partial charge in [-0.05, 0) is 25.5 Å². The Morgan fingerprint density at radius 1 is 1.65 bits per heavy atom. The van der Waals surface area contributed by atoms with E-state index in [9.17, 15) is 4.79 Å². The number of aliphatic hydroxyl groups is 1. The minimum absolute atomic E-state index is 0.00528. The summed E-state index contributed by atoms with van der Waals surface area (Å²) in [6.07, 6.45) is 0. The highest BCUT2D eigenvalue weighted by Crippen LogP contribution is 2.17. The maximum Gasteiger partial charge on any atom is 0.267 e. The van der Waals surface area contributed by atoms with E-state index in [-0.39, 0.29) is 18.6 Å². The molecule has 1 unspecified atom stereocenters. The molecule has 112 valence electrons. The zero-order valence-electron chi connectivity index (χ0n) is 11.8. The van der Waals surface area contributed by atoms with Crippen LogP contribution < -0.4 is 0 Å². The third-order valence-corrected chi connectivity index (χ3v) is 4.15. The van der Waals surface area contributed by atoms with Crippen molar-refractivity contribution in [1.82, 2.24) is 19.4 Å². The molecule has 1 amide bonds. The zero-order valence-corrected chi connectivity index (χ0v) is 12.6. The molecule has 1 aromatic heterocycles. The van der Waals surface area contributed by atoms with Gasteiger partial charge in [-0.15, -0.1) is 5.10 Å². The van der Waals surface area contributed by atoms with Crippen LogP contribution in [0.4, 0.5) is 0 Å². The molecule has 1 N–H and O–H groups in total. The average molecular weight is 300 g/mol. The summed E-state index contributed by atoms with van der Waals surface area (Å²) in [5.74, 6) is -0.0248. The second-order valence-corrected chi connectivity index (χ2v) is 5.65. The first-order chi connectivity index (χ1) is 9.63. The minimum atomic E-state index is -0.0248. The van der Waals surface area contributed by atoms with Crippen LogP contribution in [0.1, 0.15) is 15.4 Å². The topological polar surface area (TPSA) is 78.8 Å². The Hall–Kier alpha value is -1.09. The maximum absolute atomic E-state index is 12.6. The van der Waals surface area contributed by atoms with Gasteiger partial charge in [0.15, 0.2) is 0 Å². The lowest BCUT2D eigenvalue weighted by molar-refractivity contribution is -0.0107. The fourth-order valence-corrected chi connectivity index (χ4v) is 2.87. The van der Waals surface area contributed by atoms with Gasteiger partial charge in [0.2, 0.25) is 0 Å². The number of carbonyl (C=O) groups excluding carboxylic acids is 1. The molecule has 0 spiro atoms. The summed E-state index contributed by atoms with van der Waals surface area (Å²) in [5.41, 5.74) is 0.675. The Kier molecular flexibility index (Phi) is 5.41. The maximum atomic E-state index is 12.6. The van der Waals surface area contributed by atoms with Crippen molar-refractivity contribution in [3.8, 4) is 0 Å². The van der Waals surface area contributed by atoms with Crippen LogP contribution in [0.2, 0.25) is 0 Å². The first kappa shape index (κ1) is 15.3. The number of morpholine rings is 1. The number of ether oxygens (including phenoxy) is 1. The van der Waals surface area contributed by atoms with E-state index in [0.29, 0.717) is 43.4 Å². The van der Waals surface area contributed by atoms with Crippen molar-refractivity contribution in [3.05, 3.63) is 10.6 Å². The number of amides is 1. The number of aryl methyl sites for hydroxylation is 1. The Bertz CT molecular complexity index is 454. The van der Waals surface area contributed by atoms with Crippen LogP contribution >= 0.6 is 11.5 Å². The normalized spacial score (nSPS) is 19.6. The largest absolute Gasteiger partial charge is 0.395 e. The van der Waals surface area contributed by atoms with Crippen molar-refractivity contribution in [2.45, 2.75) is 13.0 Å². The SMILES string of the molecule is Cc1nnsc1C(=O)N1CCOCC1CN(C)CCO. The Labute approximate surface area is 122 Å². The van der Waals surface area contributed by atoms with E-state index in [1.165, 1.54) is 0 Å². The van der Waals surface area contributed by atoms with Crippen LogP contribution in [0.3, 0.4) is 0 Å². The third-order valence-electron chi connectivity index (χ3n) is 3.34. The molecule has 0 radical (unpaired) electrons. The molecule has 1 aliphatic rings. The standard InChI is InChI=1S/C12H20N4O3S/c1-9-11(20-14-13-9)12(18)16-4-6-19-8-10(16)7-15(2)3-5-17/h10,17H,3-8H2,1-2H3. The Morgan fingerprint density at radius 3 is 3.10 bits per heavy atom. The molecule has 0 aromatic carbocycles. The van der Waals surface area contributed by atoms with Crippen molar-refractivity contribution in [1.29, 1.82) is 0 Å². The van der Waals surface area contributed by atoms with E-state index in [1.54, 1.807) is 6.92 Å². The van der Waals surface area contributed by atoms with E-state index >= 15 is 0 Å². The summed E-state index contributed by atoms with van der Waals surface area (Å²) in [7, 11) is 1.92. The average Bonchev–Trinajstić information content (AvgIpc) is 2.85. The molecule has 2 rings (SSSR count). The zero-order chi connectivity index (χ0) is 14.5. The molecule has 1 saturated heterocycles. The second-order valence-electron chi connectivity index (χ2n) is 4.90. The molecule has 0 aliphatic carbocycles. The minimum Gasteiger partial charge on any atom is -0.395 e. The lowest BCUT2D eigenvalue weighted by Crippen LogP contribution is -2.53. The van der Waals surface area contributed by atoms with Crippen molar-refractivity contribution in [3.63, 3.8) is 0 Å². The number of nitrogens with zero attached hydrogens (tertiary/aromatic N) is 4. The van der Waals surface area contributed by atoms with Crippen LogP contribution in [-0.4, -0.2) is 82.9 Å². The highest BCUT2D eigenvalue weighted by atomic mass is 32.1. The third kappa shape index (κ3) is 3.51. The predicted octanol–water partition coefficient (Wildman–Crippen LogP) is -0.388. The molecular weight excluding hydrogens is 280 g/mol. The fourth-order valence-electron chi connectivity index (χ4n) is 2.25. The lowest BCUT2D eigenvalue weighted by atomic mass is 10.2. The first-order valence-electron chi connectivity index (χ1n) is 6.60. The van der Waals surface area contributed by atoms with Crippen LogP contribution in [0.25, 0.3) is 0 Å². The number of carbonyl (C=O) groups is 1. The van der Waals surface area contributed by atoms with Crippen LogP contribution in [-0.2, 0) is 4.74 Å². The van der Waals surface area contributed by atoms with Gasteiger partial charge in [0.1, 0.15) is 4.88 Å².